The van der Waals surface area contributed by atoms with Gasteiger partial charge in [0, 0.05) is 24.8 Å². The maximum Gasteiger partial charge on any atom is 0.352 e. The number of hydrogen-bond acceptors (Lipinski definition) is 3. The average molecular weight is 258 g/mol. The molecule has 1 atom stereocenters. The topological polar surface area (TPSA) is 88.4 Å². The van der Waals surface area contributed by atoms with Gasteiger partial charge in [-0.25, -0.2) is 17.9 Å². The number of carboxylic acid groups (broad SMARTS) is 1. The fourth-order valence-electron chi connectivity index (χ4n) is 2.16. The van der Waals surface area contributed by atoms with Gasteiger partial charge in [-0.3, -0.25) is 0 Å². The smallest absolute Gasteiger partial charge is 0.352 e. The Labute approximate surface area is 99.3 Å². The number of aryl methyl sites for hydroxylation is 1. The molecule has 17 heavy (non-hydrogen) atoms. The normalized spacial score (nSPS) is 22.1. The minimum Gasteiger partial charge on any atom is -0.477 e. The van der Waals surface area contributed by atoms with E-state index >= 15 is 0 Å². The van der Waals surface area contributed by atoms with E-state index in [1.165, 1.54) is 17.8 Å². The lowest BCUT2D eigenvalue weighted by Gasteiger charge is -2.22. The first-order valence-corrected chi connectivity index (χ1v) is 6.79. The van der Waals surface area contributed by atoms with Crippen molar-refractivity contribution >= 4 is 16.0 Å². The van der Waals surface area contributed by atoms with Gasteiger partial charge in [-0.15, -0.1) is 0 Å². The highest BCUT2D eigenvalue weighted by Crippen LogP contribution is 2.28. The summed E-state index contributed by atoms with van der Waals surface area (Å²) in [6.07, 6.45) is 2.41. The van der Waals surface area contributed by atoms with Gasteiger partial charge in [-0.1, -0.05) is 6.92 Å². The molecule has 0 saturated carbocycles. The van der Waals surface area contributed by atoms with E-state index in [0.717, 1.165) is 0 Å². The Morgan fingerprint density at radius 1 is 1.65 bits per heavy atom. The molecule has 2 N–H and O–H groups in total. The van der Waals surface area contributed by atoms with Crippen LogP contribution in [0.4, 0.5) is 0 Å². The number of nitrogens with zero attached hydrogens (tertiary/aromatic N) is 1. The molecule has 94 valence electrons. The summed E-state index contributed by atoms with van der Waals surface area (Å²) in [6.45, 7) is 1.86. The van der Waals surface area contributed by atoms with E-state index in [1.54, 1.807) is 0 Å². The summed E-state index contributed by atoms with van der Waals surface area (Å²) in [7, 11) is -2.03. The zero-order valence-electron chi connectivity index (χ0n) is 9.60. The molecule has 0 saturated heterocycles. The quantitative estimate of drug-likeness (QED) is 0.800. The largest absolute Gasteiger partial charge is 0.477 e. The summed E-state index contributed by atoms with van der Waals surface area (Å²) in [4.78, 5) is 11.2. The molecule has 0 spiro atoms. The summed E-state index contributed by atoms with van der Waals surface area (Å²) in [5.41, 5.74) is 0.467. The minimum absolute atomic E-state index is 0.0588. The molecule has 6 nitrogen and oxygen atoms in total. The Bertz CT molecular complexity index is 573. The second-order valence-corrected chi connectivity index (χ2v) is 5.85. The lowest BCUT2D eigenvalue weighted by Crippen LogP contribution is -2.40. The molecule has 7 heteroatoms. The average Bonchev–Trinajstić information content (AvgIpc) is 2.54. The third-order valence-corrected chi connectivity index (χ3v) is 4.58. The van der Waals surface area contributed by atoms with Gasteiger partial charge in [-0.2, -0.15) is 0 Å². The molecule has 1 aromatic rings. The van der Waals surface area contributed by atoms with Crippen LogP contribution in [0.2, 0.25) is 0 Å². The first-order valence-electron chi connectivity index (χ1n) is 5.30. The van der Waals surface area contributed by atoms with E-state index in [4.69, 9.17) is 5.11 Å². The second-order valence-electron chi connectivity index (χ2n) is 4.17. The monoisotopic (exact) mass is 258 g/mol. The molecule has 0 fully saturated rings. The van der Waals surface area contributed by atoms with Crippen LogP contribution in [0.25, 0.3) is 0 Å². The lowest BCUT2D eigenvalue weighted by atomic mass is 10.0. The zero-order valence-corrected chi connectivity index (χ0v) is 10.4. The van der Waals surface area contributed by atoms with Gasteiger partial charge in [0.1, 0.15) is 10.6 Å². The maximum absolute atomic E-state index is 11.9. The molecular weight excluding hydrogens is 244 g/mol. The predicted molar refractivity (Wildman–Crippen MR) is 60.5 cm³/mol. The van der Waals surface area contributed by atoms with Gasteiger partial charge in [0.2, 0.25) is 10.0 Å². The third kappa shape index (κ3) is 1.85. The first kappa shape index (κ1) is 12.1. The molecule has 0 bridgehead atoms. The van der Waals surface area contributed by atoms with Crippen LogP contribution in [-0.4, -0.2) is 30.1 Å². The van der Waals surface area contributed by atoms with Crippen LogP contribution in [0.5, 0.6) is 0 Å². The van der Waals surface area contributed by atoms with E-state index in [-0.39, 0.29) is 16.6 Å². The summed E-state index contributed by atoms with van der Waals surface area (Å²) in [6, 6.07) is -0.229. The number of hydrogen-bond donors (Lipinski definition) is 2. The van der Waals surface area contributed by atoms with E-state index in [1.807, 2.05) is 6.92 Å². The van der Waals surface area contributed by atoms with Crippen molar-refractivity contribution in [3.8, 4) is 0 Å². The van der Waals surface area contributed by atoms with Crippen molar-refractivity contribution in [3.05, 3.63) is 17.5 Å². The van der Waals surface area contributed by atoms with E-state index < -0.39 is 16.0 Å². The fourth-order valence-corrected chi connectivity index (χ4v) is 3.77. The Balaban J connectivity index is 2.66. The van der Waals surface area contributed by atoms with Crippen molar-refractivity contribution < 1.29 is 18.3 Å². The van der Waals surface area contributed by atoms with Crippen molar-refractivity contribution in [2.45, 2.75) is 30.7 Å². The first-order chi connectivity index (χ1) is 7.86. The highest BCUT2D eigenvalue weighted by Gasteiger charge is 2.34. The summed E-state index contributed by atoms with van der Waals surface area (Å²) in [5.74, 6) is -1.10. The van der Waals surface area contributed by atoms with Crippen LogP contribution in [0.15, 0.2) is 11.1 Å². The van der Waals surface area contributed by atoms with Crippen LogP contribution in [-0.2, 0) is 23.5 Å². The van der Waals surface area contributed by atoms with Crippen molar-refractivity contribution in [3.63, 3.8) is 0 Å². The van der Waals surface area contributed by atoms with Gasteiger partial charge >= 0.3 is 5.97 Å². The molecule has 1 unspecified atom stereocenters. The van der Waals surface area contributed by atoms with Crippen LogP contribution in [0.1, 0.15) is 29.4 Å². The van der Waals surface area contributed by atoms with Crippen LogP contribution in [0.3, 0.4) is 0 Å². The number of aromatic nitrogens is 1. The zero-order chi connectivity index (χ0) is 12.8. The van der Waals surface area contributed by atoms with Gasteiger partial charge < -0.3 is 9.67 Å². The molecule has 0 aliphatic carbocycles. The van der Waals surface area contributed by atoms with E-state index in [2.05, 4.69) is 4.72 Å². The van der Waals surface area contributed by atoms with Crippen molar-refractivity contribution in [1.82, 2.24) is 9.29 Å². The van der Waals surface area contributed by atoms with Crippen molar-refractivity contribution in [2.24, 2.45) is 7.05 Å². The van der Waals surface area contributed by atoms with Crippen LogP contribution in [0, 0.1) is 0 Å². The molecule has 0 radical (unpaired) electrons. The van der Waals surface area contributed by atoms with E-state index in [9.17, 15) is 13.2 Å². The number of fused-ring (bicyclic) bond motifs is 1. The molecule has 0 aromatic carbocycles. The molecule has 2 heterocycles. The van der Waals surface area contributed by atoms with Gasteiger partial charge in [0.05, 0.1) is 0 Å². The lowest BCUT2D eigenvalue weighted by molar-refractivity contribution is 0.0685. The number of rotatable bonds is 2. The minimum atomic E-state index is -3.57. The second kappa shape index (κ2) is 3.85. The summed E-state index contributed by atoms with van der Waals surface area (Å²) >= 11 is 0. The van der Waals surface area contributed by atoms with Crippen molar-refractivity contribution in [1.29, 1.82) is 0 Å². The number of carbonyl (C=O) groups is 1. The standard InChI is InChI=1S/C10H14N2O4S/c1-3-6-4-7-8(17(15,16)11-6)5-12(2)9(7)10(13)14/h5-6,11H,3-4H2,1-2H3,(H,13,14). The molecule has 1 aromatic heterocycles. The molecule has 0 amide bonds. The number of sulfonamides is 1. The van der Waals surface area contributed by atoms with Gasteiger partial charge in [0.15, 0.2) is 0 Å². The Morgan fingerprint density at radius 2 is 2.29 bits per heavy atom. The summed E-state index contributed by atoms with van der Waals surface area (Å²) in [5, 5.41) is 9.10. The van der Waals surface area contributed by atoms with Crippen LogP contribution < -0.4 is 4.72 Å². The molecule has 1 aliphatic rings. The fraction of sp³-hybridized carbons (Fsp3) is 0.500. The summed E-state index contributed by atoms with van der Waals surface area (Å²) < 4.78 is 27.7. The molecule has 1 aliphatic heterocycles. The van der Waals surface area contributed by atoms with Crippen LogP contribution >= 0.6 is 0 Å². The number of aromatic carboxylic acids is 1. The third-order valence-electron chi connectivity index (χ3n) is 3.00. The molecule has 2 rings (SSSR count). The van der Waals surface area contributed by atoms with Gasteiger partial charge in [0.25, 0.3) is 0 Å². The number of carboxylic acids is 1. The number of nitrogens with one attached hydrogen (secondary N) is 1. The maximum atomic E-state index is 11.9. The van der Waals surface area contributed by atoms with E-state index in [0.29, 0.717) is 18.4 Å². The highest BCUT2D eigenvalue weighted by atomic mass is 32.2. The predicted octanol–water partition coefficient (Wildman–Crippen LogP) is 0.336. The van der Waals surface area contributed by atoms with Crippen molar-refractivity contribution in [2.75, 3.05) is 0 Å². The van der Waals surface area contributed by atoms with Gasteiger partial charge in [-0.05, 0) is 12.8 Å². The molecular formula is C10H14N2O4S. The Morgan fingerprint density at radius 3 is 2.82 bits per heavy atom. The highest BCUT2D eigenvalue weighted by molar-refractivity contribution is 7.89. The Kier molecular flexibility index (Phi) is 2.75. The Hall–Kier alpha value is -1.34. The SMILES string of the molecule is CCC1Cc2c(cn(C)c2C(=O)O)S(=O)(=O)N1.